The lowest BCUT2D eigenvalue weighted by atomic mass is 10.2. The highest BCUT2D eigenvalue weighted by atomic mass is 32.1. The van der Waals surface area contributed by atoms with Crippen molar-refractivity contribution in [2.45, 2.75) is 39.8 Å². The molecule has 2 aromatic rings. The fourth-order valence-corrected chi connectivity index (χ4v) is 3.70. The van der Waals surface area contributed by atoms with Gasteiger partial charge in [0.1, 0.15) is 15.6 Å². The number of aliphatic imine (C=N–C) groups is 1. The number of rotatable bonds is 9. The summed E-state index contributed by atoms with van der Waals surface area (Å²) in [6.45, 7) is 9.25. The predicted octanol–water partition coefficient (Wildman–Crippen LogP) is 3.14. The van der Waals surface area contributed by atoms with E-state index in [0.717, 1.165) is 17.3 Å². The number of thiazole rings is 1. The topological polar surface area (TPSA) is 92.0 Å². The fraction of sp³-hybridized carbons (Fsp3) is 0.550. The van der Waals surface area contributed by atoms with Gasteiger partial charge in [0.2, 0.25) is 0 Å². The zero-order valence-corrected chi connectivity index (χ0v) is 18.8. The van der Waals surface area contributed by atoms with Crippen LogP contribution in [0.4, 0.5) is 0 Å². The first-order valence-electron chi connectivity index (χ1n) is 9.76. The van der Waals surface area contributed by atoms with Crippen LogP contribution < -0.4 is 10.6 Å². The maximum atomic E-state index is 12.1. The largest absolute Gasteiger partial charge is 0.468 e. The molecule has 0 aromatic carbocycles. The summed E-state index contributed by atoms with van der Waals surface area (Å²) >= 11 is 1.35. The second kappa shape index (κ2) is 11.0. The molecule has 0 aliphatic heterocycles. The number of nitrogens with zero attached hydrogens (tertiary/aromatic N) is 3. The van der Waals surface area contributed by atoms with Crippen LogP contribution in [0.3, 0.4) is 0 Å². The molecule has 0 saturated heterocycles. The molecule has 0 bridgehead atoms. The lowest BCUT2D eigenvalue weighted by Crippen LogP contribution is -2.39. The van der Waals surface area contributed by atoms with Crippen molar-refractivity contribution in [3.63, 3.8) is 0 Å². The SMILES string of the molecule is CCNC(=NCC(c1ccco1)N(C)C)NC(C)c1nc(C)c(C(=O)OCC)s1. The summed E-state index contributed by atoms with van der Waals surface area (Å²) in [5, 5.41) is 7.44. The number of furan rings is 1. The van der Waals surface area contributed by atoms with Crippen molar-refractivity contribution in [2.75, 3.05) is 33.8 Å². The van der Waals surface area contributed by atoms with Crippen LogP contribution in [0, 0.1) is 6.92 Å². The smallest absolute Gasteiger partial charge is 0.350 e. The van der Waals surface area contributed by atoms with Gasteiger partial charge in [0.15, 0.2) is 5.96 Å². The van der Waals surface area contributed by atoms with Crippen LogP contribution in [-0.2, 0) is 4.74 Å². The molecule has 2 atom stereocenters. The Hall–Kier alpha value is -2.39. The molecule has 0 spiro atoms. The number of esters is 1. The number of aromatic nitrogens is 1. The third-order valence-corrected chi connectivity index (χ3v) is 5.58. The first-order chi connectivity index (χ1) is 13.9. The fourth-order valence-electron chi connectivity index (χ4n) is 2.74. The molecule has 0 fully saturated rings. The van der Waals surface area contributed by atoms with Crippen molar-refractivity contribution in [2.24, 2.45) is 4.99 Å². The normalized spacial score (nSPS) is 14.0. The number of likely N-dealkylation sites (N-methyl/N-ethyl adjacent to an activating group) is 1. The molecular weight excluding hydrogens is 390 g/mol. The van der Waals surface area contributed by atoms with E-state index in [0.29, 0.717) is 29.7 Å². The lowest BCUT2D eigenvalue weighted by molar-refractivity contribution is 0.0531. The molecule has 2 aromatic heterocycles. The first kappa shape index (κ1) is 22.9. The summed E-state index contributed by atoms with van der Waals surface area (Å²) < 4.78 is 10.7. The van der Waals surface area contributed by atoms with E-state index in [9.17, 15) is 4.79 Å². The minimum Gasteiger partial charge on any atom is -0.468 e. The van der Waals surface area contributed by atoms with Crippen molar-refractivity contribution >= 4 is 23.3 Å². The molecule has 0 radical (unpaired) electrons. The van der Waals surface area contributed by atoms with Crippen LogP contribution in [0.1, 0.15) is 59.0 Å². The Labute approximate surface area is 176 Å². The van der Waals surface area contributed by atoms with Crippen molar-refractivity contribution in [3.8, 4) is 0 Å². The highest BCUT2D eigenvalue weighted by Crippen LogP contribution is 2.24. The van der Waals surface area contributed by atoms with Gasteiger partial charge in [-0.1, -0.05) is 0 Å². The molecule has 0 aliphatic rings. The van der Waals surface area contributed by atoms with Crippen molar-refractivity contribution in [1.82, 2.24) is 20.5 Å². The second-order valence-electron chi connectivity index (χ2n) is 6.77. The number of nitrogens with one attached hydrogen (secondary N) is 2. The van der Waals surface area contributed by atoms with Crippen LogP contribution in [-0.4, -0.2) is 55.6 Å². The van der Waals surface area contributed by atoms with Gasteiger partial charge >= 0.3 is 5.97 Å². The average molecular weight is 422 g/mol. The minimum absolute atomic E-state index is 0.0355. The Kier molecular flexibility index (Phi) is 8.66. The molecule has 2 rings (SSSR count). The summed E-state index contributed by atoms with van der Waals surface area (Å²) in [5.74, 6) is 1.23. The van der Waals surface area contributed by atoms with Gasteiger partial charge in [-0.3, -0.25) is 9.89 Å². The third kappa shape index (κ3) is 6.30. The molecule has 2 heterocycles. The summed E-state index contributed by atoms with van der Waals surface area (Å²) in [6.07, 6.45) is 1.67. The van der Waals surface area contributed by atoms with Gasteiger partial charge in [-0.15, -0.1) is 11.3 Å². The summed E-state index contributed by atoms with van der Waals surface area (Å²) in [5.41, 5.74) is 0.685. The van der Waals surface area contributed by atoms with E-state index in [-0.39, 0.29) is 18.1 Å². The van der Waals surface area contributed by atoms with Crippen LogP contribution in [0.2, 0.25) is 0 Å². The highest BCUT2D eigenvalue weighted by Gasteiger charge is 2.21. The standard InChI is InChI=1S/C20H31N5O3S/c1-7-21-20(22-12-15(25(5)6)16-10-9-11-28-16)24-14(4)18-23-13(3)17(29-18)19(26)27-8-2/h9-11,14-15H,7-8,12H2,1-6H3,(H2,21,22,24). The molecule has 0 aliphatic carbocycles. The molecule has 0 amide bonds. The van der Waals surface area contributed by atoms with Gasteiger partial charge in [0, 0.05) is 6.54 Å². The zero-order valence-electron chi connectivity index (χ0n) is 18.0. The van der Waals surface area contributed by atoms with E-state index in [1.165, 1.54) is 11.3 Å². The predicted molar refractivity (Wildman–Crippen MR) is 115 cm³/mol. The number of carbonyl (C=O) groups is 1. The monoisotopic (exact) mass is 421 g/mol. The summed E-state index contributed by atoms with van der Waals surface area (Å²) in [4.78, 5) is 23.9. The summed E-state index contributed by atoms with van der Waals surface area (Å²) in [7, 11) is 4.00. The number of carbonyl (C=O) groups excluding carboxylic acids is 1. The Bertz CT molecular complexity index is 801. The van der Waals surface area contributed by atoms with Crippen molar-refractivity contribution in [3.05, 3.63) is 39.7 Å². The van der Waals surface area contributed by atoms with Crippen LogP contribution in [0.15, 0.2) is 27.8 Å². The first-order valence-corrected chi connectivity index (χ1v) is 10.6. The Morgan fingerprint density at radius 3 is 2.76 bits per heavy atom. The number of ether oxygens (including phenoxy) is 1. The molecule has 8 nitrogen and oxygen atoms in total. The van der Waals surface area contributed by atoms with Crippen molar-refractivity contribution < 1.29 is 13.9 Å². The van der Waals surface area contributed by atoms with E-state index in [1.54, 1.807) is 13.2 Å². The Morgan fingerprint density at radius 1 is 1.41 bits per heavy atom. The highest BCUT2D eigenvalue weighted by molar-refractivity contribution is 7.13. The maximum Gasteiger partial charge on any atom is 0.350 e. The van der Waals surface area contributed by atoms with E-state index >= 15 is 0 Å². The number of hydrogen-bond donors (Lipinski definition) is 2. The number of guanidine groups is 1. The maximum absolute atomic E-state index is 12.1. The van der Waals surface area contributed by atoms with Gasteiger partial charge in [-0.2, -0.15) is 0 Å². The molecule has 2 N–H and O–H groups in total. The van der Waals surface area contributed by atoms with E-state index in [1.807, 2.05) is 47.0 Å². The van der Waals surface area contributed by atoms with Gasteiger partial charge < -0.3 is 19.8 Å². The van der Waals surface area contributed by atoms with E-state index < -0.39 is 0 Å². The lowest BCUT2D eigenvalue weighted by Gasteiger charge is -2.22. The van der Waals surface area contributed by atoms with Crippen LogP contribution in [0.5, 0.6) is 0 Å². The Morgan fingerprint density at radius 2 is 2.17 bits per heavy atom. The van der Waals surface area contributed by atoms with Gasteiger partial charge in [-0.05, 0) is 53.9 Å². The molecule has 160 valence electrons. The number of hydrogen-bond acceptors (Lipinski definition) is 7. The molecule has 9 heteroatoms. The van der Waals surface area contributed by atoms with Gasteiger partial charge in [0.25, 0.3) is 0 Å². The quantitative estimate of drug-likeness (QED) is 0.365. The second-order valence-corrected chi connectivity index (χ2v) is 7.80. The third-order valence-electron chi connectivity index (χ3n) is 4.26. The van der Waals surface area contributed by atoms with E-state index in [4.69, 9.17) is 14.1 Å². The Balaban J connectivity index is 2.12. The van der Waals surface area contributed by atoms with Gasteiger partial charge in [0.05, 0.1) is 37.2 Å². The van der Waals surface area contributed by atoms with Crippen molar-refractivity contribution in [1.29, 1.82) is 0 Å². The molecule has 0 saturated carbocycles. The molecule has 2 unspecified atom stereocenters. The van der Waals surface area contributed by atoms with Gasteiger partial charge in [-0.25, -0.2) is 9.78 Å². The average Bonchev–Trinajstić information content (AvgIpc) is 3.32. The molecule has 29 heavy (non-hydrogen) atoms. The number of aryl methyl sites for hydroxylation is 1. The van der Waals surface area contributed by atoms with E-state index in [2.05, 4.69) is 20.5 Å². The van der Waals surface area contributed by atoms with Crippen LogP contribution in [0.25, 0.3) is 0 Å². The minimum atomic E-state index is -0.325. The van der Waals surface area contributed by atoms with Crippen LogP contribution >= 0.6 is 11.3 Å². The zero-order chi connectivity index (χ0) is 21.4. The molecular formula is C20H31N5O3S. The summed E-state index contributed by atoms with van der Waals surface area (Å²) in [6, 6.07) is 3.76.